The third kappa shape index (κ3) is 7.41. The van der Waals surface area contributed by atoms with Crippen molar-refractivity contribution in [2.24, 2.45) is 22.6 Å². The molecule has 1 rings (SSSR count). The number of hydrogen-bond donors (Lipinski definition) is 2. The zero-order chi connectivity index (χ0) is 14.1. The van der Waals surface area contributed by atoms with Crippen molar-refractivity contribution in [1.82, 2.24) is 10.2 Å². The van der Waals surface area contributed by atoms with E-state index < -0.39 is 0 Å². The van der Waals surface area contributed by atoms with Gasteiger partial charge in [-0.2, -0.15) is 0 Å². The lowest BCUT2D eigenvalue weighted by Crippen LogP contribution is -2.39. The molecule has 1 heterocycles. The van der Waals surface area contributed by atoms with Crippen LogP contribution in [0.2, 0.25) is 0 Å². The minimum Gasteiger partial charge on any atom is -0.370 e. The van der Waals surface area contributed by atoms with Crippen LogP contribution in [0.3, 0.4) is 0 Å². The van der Waals surface area contributed by atoms with Crippen LogP contribution in [0.15, 0.2) is 4.99 Å². The summed E-state index contributed by atoms with van der Waals surface area (Å²) in [4.78, 5) is 7.07. The Hall–Kier alpha value is -0.770. The molecular formula is C15H32N4. The Balaban J connectivity index is 2.25. The lowest BCUT2D eigenvalue weighted by Gasteiger charge is -2.33. The van der Waals surface area contributed by atoms with Gasteiger partial charge in [-0.3, -0.25) is 4.99 Å². The van der Waals surface area contributed by atoms with Crippen LogP contribution in [-0.2, 0) is 0 Å². The summed E-state index contributed by atoms with van der Waals surface area (Å²) >= 11 is 0. The van der Waals surface area contributed by atoms with Crippen molar-refractivity contribution in [3.8, 4) is 0 Å². The van der Waals surface area contributed by atoms with Gasteiger partial charge in [0.05, 0.1) is 0 Å². The second-order valence-corrected chi connectivity index (χ2v) is 6.17. The van der Waals surface area contributed by atoms with Gasteiger partial charge in [-0.1, -0.05) is 27.2 Å². The van der Waals surface area contributed by atoms with Gasteiger partial charge in [0.15, 0.2) is 5.96 Å². The standard InChI is InChI=1S/C15H32N4/c1-4-5-8-17-15(16)18-10-14-7-6-9-19(12-14)11-13(2)3/h13-14H,4-12H2,1-3H3,(H3,16,17,18). The summed E-state index contributed by atoms with van der Waals surface area (Å²) in [5.41, 5.74) is 5.87. The second-order valence-electron chi connectivity index (χ2n) is 6.17. The average molecular weight is 268 g/mol. The normalized spacial score (nSPS) is 21.9. The molecule has 0 aromatic heterocycles. The second kappa shape index (κ2) is 9.18. The van der Waals surface area contributed by atoms with Crippen molar-refractivity contribution in [3.63, 3.8) is 0 Å². The predicted molar refractivity (Wildman–Crippen MR) is 83.4 cm³/mol. The van der Waals surface area contributed by atoms with Gasteiger partial charge < -0.3 is 16.0 Å². The molecule has 0 radical (unpaired) electrons. The number of piperidine rings is 1. The highest BCUT2D eigenvalue weighted by Crippen LogP contribution is 2.17. The molecule has 0 amide bonds. The molecule has 3 N–H and O–H groups in total. The molecule has 19 heavy (non-hydrogen) atoms. The molecule has 1 fully saturated rings. The van der Waals surface area contributed by atoms with E-state index in [2.05, 4.69) is 36.0 Å². The number of likely N-dealkylation sites (tertiary alicyclic amines) is 1. The van der Waals surface area contributed by atoms with Crippen LogP contribution in [0.1, 0.15) is 46.5 Å². The van der Waals surface area contributed by atoms with Crippen molar-refractivity contribution < 1.29 is 0 Å². The quantitative estimate of drug-likeness (QED) is 0.422. The predicted octanol–water partition coefficient (Wildman–Crippen LogP) is 2.06. The number of rotatable bonds is 7. The molecule has 0 saturated carbocycles. The van der Waals surface area contributed by atoms with Crippen LogP contribution < -0.4 is 11.1 Å². The summed E-state index contributed by atoms with van der Waals surface area (Å²) in [7, 11) is 0. The zero-order valence-corrected chi connectivity index (χ0v) is 13.0. The van der Waals surface area contributed by atoms with E-state index in [-0.39, 0.29) is 0 Å². The Bertz CT molecular complexity index is 263. The van der Waals surface area contributed by atoms with Gasteiger partial charge in [0, 0.05) is 26.2 Å². The van der Waals surface area contributed by atoms with Crippen molar-refractivity contribution in [3.05, 3.63) is 0 Å². The molecule has 1 aliphatic rings. The molecule has 0 bridgehead atoms. The number of nitrogens with two attached hydrogens (primary N) is 1. The SMILES string of the molecule is CCCCNC(N)=NCC1CCCN(CC(C)C)C1. The molecule has 1 atom stereocenters. The summed E-state index contributed by atoms with van der Waals surface area (Å²) < 4.78 is 0. The molecular weight excluding hydrogens is 236 g/mol. The number of nitrogens with one attached hydrogen (secondary N) is 1. The zero-order valence-electron chi connectivity index (χ0n) is 13.0. The van der Waals surface area contributed by atoms with E-state index in [1.807, 2.05) is 0 Å². The molecule has 112 valence electrons. The largest absolute Gasteiger partial charge is 0.370 e. The average Bonchev–Trinajstić information content (AvgIpc) is 2.36. The first-order valence-corrected chi connectivity index (χ1v) is 7.88. The van der Waals surface area contributed by atoms with E-state index in [0.29, 0.717) is 11.9 Å². The van der Waals surface area contributed by atoms with Gasteiger partial charge in [0.2, 0.25) is 0 Å². The molecule has 1 unspecified atom stereocenters. The third-order valence-corrected chi connectivity index (χ3v) is 3.58. The van der Waals surface area contributed by atoms with Gasteiger partial charge in [-0.15, -0.1) is 0 Å². The number of unbranched alkanes of at least 4 members (excludes halogenated alkanes) is 1. The van der Waals surface area contributed by atoms with Crippen LogP contribution in [0.25, 0.3) is 0 Å². The van der Waals surface area contributed by atoms with Gasteiger partial charge in [-0.25, -0.2) is 0 Å². The van der Waals surface area contributed by atoms with E-state index in [1.54, 1.807) is 0 Å². The summed E-state index contributed by atoms with van der Waals surface area (Å²) in [5, 5.41) is 3.18. The Labute approximate surface area is 118 Å². The lowest BCUT2D eigenvalue weighted by molar-refractivity contribution is 0.162. The molecule has 0 spiro atoms. The van der Waals surface area contributed by atoms with Crippen LogP contribution in [-0.4, -0.2) is 43.6 Å². The van der Waals surface area contributed by atoms with Crippen LogP contribution >= 0.6 is 0 Å². The van der Waals surface area contributed by atoms with Gasteiger partial charge in [-0.05, 0) is 37.6 Å². The van der Waals surface area contributed by atoms with Crippen molar-refractivity contribution in [2.45, 2.75) is 46.5 Å². The monoisotopic (exact) mass is 268 g/mol. The fourth-order valence-electron chi connectivity index (χ4n) is 2.66. The van der Waals surface area contributed by atoms with E-state index in [9.17, 15) is 0 Å². The first kappa shape index (κ1) is 16.3. The maximum atomic E-state index is 5.87. The van der Waals surface area contributed by atoms with E-state index in [4.69, 9.17) is 5.73 Å². The topological polar surface area (TPSA) is 53.6 Å². The number of guanidine groups is 1. The Morgan fingerprint density at radius 2 is 2.26 bits per heavy atom. The van der Waals surface area contributed by atoms with Crippen LogP contribution in [0, 0.1) is 11.8 Å². The van der Waals surface area contributed by atoms with Gasteiger partial charge in [0.1, 0.15) is 0 Å². The molecule has 4 heteroatoms. The van der Waals surface area contributed by atoms with Gasteiger partial charge in [0.25, 0.3) is 0 Å². The summed E-state index contributed by atoms with van der Waals surface area (Å²) in [6.45, 7) is 12.2. The number of hydrogen-bond acceptors (Lipinski definition) is 2. The Kier molecular flexibility index (Phi) is 7.87. The summed E-state index contributed by atoms with van der Waals surface area (Å²) in [5.74, 6) is 2.05. The maximum absolute atomic E-state index is 5.87. The highest BCUT2D eigenvalue weighted by atomic mass is 15.1. The molecule has 0 aromatic rings. The van der Waals surface area contributed by atoms with E-state index in [0.717, 1.165) is 25.4 Å². The number of nitrogens with zero attached hydrogens (tertiary/aromatic N) is 2. The first-order valence-electron chi connectivity index (χ1n) is 7.88. The highest BCUT2D eigenvalue weighted by molar-refractivity contribution is 5.77. The van der Waals surface area contributed by atoms with Crippen LogP contribution in [0.5, 0.6) is 0 Å². The Morgan fingerprint density at radius 3 is 2.95 bits per heavy atom. The smallest absolute Gasteiger partial charge is 0.188 e. The van der Waals surface area contributed by atoms with Crippen molar-refractivity contribution in [2.75, 3.05) is 32.7 Å². The van der Waals surface area contributed by atoms with Crippen molar-refractivity contribution >= 4 is 5.96 Å². The Morgan fingerprint density at radius 1 is 1.47 bits per heavy atom. The molecule has 1 saturated heterocycles. The minimum absolute atomic E-state index is 0.620. The summed E-state index contributed by atoms with van der Waals surface area (Å²) in [6.07, 6.45) is 4.94. The van der Waals surface area contributed by atoms with Crippen molar-refractivity contribution in [1.29, 1.82) is 0 Å². The van der Waals surface area contributed by atoms with E-state index >= 15 is 0 Å². The molecule has 1 aliphatic heterocycles. The maximum Gasteiger partial charge on any atom is 0.188 e. The lowest BCUT2D eigenvalue weighted by atomic mass is 9.97. The number of aliphatic imine (C=N–C) groups is 1. The highest BCUT2D eigenvalue weighted by Gasteiger charge is 2.19. The van der Waals surface area contributed by atoms with E-state index in [1.165, 1.54) is 38.9 Å². The minimum atomic E-state index is 0.620. The third-order valence-electron chi connectivity index (χ3n) is 3.58. The first-order chi connectivity index (χ1) is 9.11. The molecule has 4 nitrogen and oxygen atoms in total. The molecule has 0 aliphatic carbocycles. The summed E-state index contributed by atoms with van der Waals surface area (Å²) in [6, 6.07) is 0. The fourth-order valence-corrected chi connectivity index (χ4v) is 2.66. The van der Waals surface area contributed by atoms with Crippen LogP contribution in [0.4, 0.5) is 0 Å². The fraction of sp³-hybridized carbons (Fsp3) is 0.933. The van der Waals surface area contributed by atoms with Gasteiger partial charge >= 0.3 is 0 Å². The molecule has 0 aromatic carbocycles.